The molecule has 0 aliphatic heterocycles. The van der Waals surface area contributed by atoms with Crippen molar-refractivity contribution in [3.05, 3.63) is 58.9 Å². The number of nitrogens with zero attached hydrogens (tertiary/aromatic N) is 2. The Labute approximate surface area is 167 Å². The van der Waals surface area contributed by atoms with E-state index in [0.717, 1.165) is 17.5 Å². The molecule has 1 aromatic heterocycles. The molecule has 2 aromatic carbocycles. The Morgan fingerprint density at radius 3 is 2.59 bits per heavy atom. The molecular formula is C20H18Cl2N2O3. The van der Waals surface area contributed by atoms with E-state index in [4.69, 9.17) is 37.1 Å². The summed E-state index contributed by atoms with van der Waals surface area (Å²) in [6, 6.07) is 12.7. The molecule has 0 spiro atoms. The average molecular weight is 405 g/mol. The van der Waals surface area contributed by atoms with Crippen LogP contribution in [0.1, 0.15) is 24.8 Å². The zero-order valence-corrected chi connectivity index (χ0v) is 16.4. The maximum Gasteiger partial charge on any atom is 0.259 e. The lowest BCUT2D eigenvalue weighted by Crippen LogP contribution is -1.97. The molecule has 3 aromatic rings. The highest BCUT2D eigenvalue weighted by Gasteiger charge is 2.12. The van der Waals surface area contributed by atoms with Gasteiger partial charge < -0.3 is 13.9 Å². The van der Waals surface area contributed by atoms with Gasteiger partial charge in [-0.05, 0) is 54.5 Å². The molecule has 0 saturated carbocycles. The number of rotatable bonds is 7. The Hall–Kier alpha value is -2.50. The molecule has 0 fully saturated rings. The fourth-order valence-electron chi connectivity index (χ4n) is 2.34. The number of hydrogen-bond donors (Lipinski definition) is 0. The number of hydrogen-bond acceptors (Lipinski definition) is 5. The van der Waals surface area contributed by atoms with Crippen molar-refractivity contribution in [2.24, 2.45) is 0 Å². The van der Waals surface area contributed by atoms with Gasteiger partial charge in [-0.25, -0.2) is 0 Å². The average Bonchev–Trinajstić information content (AvgIpc) is 3.17. The lowest BCUT2D eigenvalue weighted by molar-refractivity contribution is 0.294. The van der Waals surface area contributed by atoms with E-state index in [1.807, 2.05) is 25.1 Å². The van der Waals surface area contributed by atoms with Gasteiger partial charge in [0.1, 0.15) is 5.03 Å². The van der Waals surface area contributed by atoms with Gasteiger partial charge in [0.05, 0.1) is 13.7 Å². The summed E-state index contributed by atoms with van der Waals surface area (Å²) in [5.41, 5.74) is 1.59. The maximum atomic E-state index is 6.36. The second kappa shape index (κ2) is 8.93. The van der Waals surface area contributed by atoms with E-state index in [0.29, 0.717) is 34.1 Å². The fourth-order valence-corrected chi connectivity index (χ4v) is 2.67. The van der Waals surface area contributed by atoms with E-state index in [-0.39, 0.29) is 5.89 Å². The van der Waals surface area contributed by atoms with Gasteiger partial charge in [0.25, 0.3) is 5.89 Å². The minimum Gasteiger partial charge on any atom is -0.493 e. The quantitative estimate of drug-likeness (QED) is 0.488. The summed E-state index contributed by atoms with van der Waals surface area (Å²) in [5.74, 6) is 1.92. The van der Waals surface area contributed by atoms with Crippen LogP contribution in [0.3, 0.4) is 0 Å². The van der Waals surface area contributed by atoms with E-state index >= 15 is 0 Å². The first-order chi connectivity index (χ1) is 13.1. The summed E-state index contributed by atoms with van der Waals surface area (Å²) in [5, 5.41) is 9.00. The van der Waals surface area contributed by atoms with Crippen LogP contribution in [0.15, 0.2) is 46.9 Å². The Morgan fingerprint density at radius 1 is 1.11 bits per heavy atom. The van der Waals surface area contributed by atoms with Crippen molar-refractivity contribution in [2.45, 2.75) is 13.3 Å². The fraction of sp³-hybridized carbons (Fsp3) is 0.200. The van der Waals surface area contributed by atoms with Crippen LogP contribution in [-0.4, -0.2) is 23.9 Å². The molecule has 0 radical (unpaired) electrons. The second-order valence-electron chi connectivity index (χ2n) is 5.67. The van der Waals surface area contributed by atoms with Crippen molar-refractivity contribution < 1.29 is 13.9 Å². The summed E-state index contributed by atoms with van der Waals surface area (Å²) in [6.07, 6.45) is 2.65. The van der Waals surface area contributed by atoms with Gasteiger partial charge in [-0.2, -0.15) is 0 Å². The Bertz CT molecular complexity index is 937. The standard InChI is InChI=1S/C20H18Cl2N2O3/c1-3-10-26-17-9-4-13(12-18(17)25-2)11-16(22)20-24-23-19(27-20)14-5-7-15(21)8-6-14/h4-9,11-12H,3,10H2,1-2H3/b16-11-. The monoisotopic (exact) mass is 404 g/mol. The minimum atomic E-state index is 0.229. The van der Waals surface area contributed by atoms with Crippen molar-refractivity contribution in [1.82, 2.24) is 10.2 Å². The van der Waals surface area contributed by atoms with Crippen molar-refractivity contribution in [3.8, 4) is 23.0 Å². The first kappa shape index (κ1) is 19.3. The van der Waals surface area contributed by atoms with Gasteiger partial charge in [0.15, 0.2) is 11.5 Å². The number of halogens is 2. The Balaban J connectivity index is 1.82. The maximum absolute atomic E-state index is 6.36. The summed E-state index contributed by atoms with van der Waals surface area (Å²) in [6.45, 7) is 2.67. The molecule has 0 aliphatic rings. The molecule has 0 bridgehead atoms. The molecule has 27 heavy (non-hydrogen) atoms. The first-order valence-corrected chi connectivity index (χ1v) is 9.14. The van der Waals surface area contributed by atoms with Gasteiger partial charge >= 0.3 is 0 Å². The van der Waals surface area contributed by atoms with Crippen molar-refractivity contribution in [2.75, 3.05) is 13.7 Å². The van der Waals surface area contributed by atoms with E-state index in [9.17, 15) is 0 Å². The summed E-state index contributed by atoms with van der Waals surface area (Å²) >= 11 is 12.3. The van der Waals surface area contributed by atoms with Crippen LogP contribution in [0.4, 0.5) is 0 Å². The number of ether oxygens (including phenoxy) is 2. The van der Waals surface area contributed by atoms with E-state index in [1.165, 1.54) is 0 Å². The van der Waals surface area contributed by atoms with E-state index < -0.39 is 0 Å². The molecular weight excluding hydrogens is 387 g/mol. The van der Waals surface area contributed by atoms with Crippen LogP contribution in [0.2, 0.25) is 5.02 Å². The van der Waals surface area contributed by atoms with Gasteiger partial charge in [-0.3, -0.25) is 0 Å². The van der Waals surface area contributed by atoms with E-state index in [1.54, 1.807) is 37.5 Å². The molecule has 1 heterocycles. The zero-order valence-electron chi connectivity index (χ0n) is 14.9. The van der Waals surface area contributed by atoms with Gasteiger partial charge in [-0.15, -0.1) is 10.2 Å². The number of benzene rings is 2. The normalized spacial score (nSPS) is 11.5. The highest BCUT2D eigenvalue weighted by molar-refractivity contribution is 6.50. The Kier molecular flexibility index (Phi) is 6.37. The van der Waals surface area contributed by atoms with Gasteiger partial charge in [0.2, 0.25) is 5.89 Å². The van der Waals surface area contributed by atoms with Crippen LogP contribution < -0.4 is 9.47 Å². The first-order valence-electron chi connectivity index (χ1n) is 8.38. The molecule has 0 saturated heterocycles. The van der Waals surface area contributed by atoms with Crippen molar-refractivity contribution >= 4 is 34.3 Å². The van der Waals surface area contributed by atoms with Crippen LogP contribution in [-0.2, 0) is 0 Å². The molecule has 140 valence electrons. The molecule has 7 heteroatoms. The van der Waals surface area contributed by atoms with Crippen molar-refractivity contribution in [3.63, 3.8) is 0 Å². The van der Waals surface area contributed by atoms with E-state index in [2.05, 4.69) is 10.2 Å². The summed E-state index contributed by atoms with van der Waals surface area (Å²) in [4.78, 5) is 0. The second-order valence-corrected chi connectivity index (χ2v) is 6.51. The molecule has 0 aliphatic carbocycles. The minimum absolute atomic E-state index is 0.229. The molecule has 3 rings (SSSR count). The lowest BCUT2D eigenvalue weighted by atomic mass is 10.2. The van der Waals surface area contributed by atoms with Crippen LogP contribution in [0, 0.1) is 0 Å². The highest BCUT2D eigenvalue weighted by atomic mass is 35.5. The topological polar surface area (TPSA) is 57.4 Å². The number of aromatic nitrogens is 2. The molecule has 0 N–H and O–H groups in total. The predicted octanol–water partition coefficient (Wildman–Crippen LogP) is 5.92. The summed E-state index contributed by atoms with van der Waals surface area (Å²) < 4.78 is 16.7. The zero-order chi connectivity index (χ0) is 19.2. The molecule has 0 atom stereocenters. The Morgan fingerprint density at radius 2 is 1.89 bits per heavy atom. The molecule has 0 amide bonds. The van der Waals surface area contributed by atoms with Crippen molar-refractivity contribution in [1.29, 1.82) is 0 Å². The molecule has 0 unspecified atom stereocenters. The summed E-state index contributed by atoms with van der Waals surface area (Å²) in [7, 11) is 1.60. The van der Waals surface area contributed by atoms with Crippen LogP contribution in [0.25, 0.3) is 22.6 Å². The third-order valence-electron chi connectivity index (χ3n) is 3.66. The highest BCUT2D eigenvalue weighted by Crippen LogP contribution is 2.31. The third kappa shape index (κ3) is 4.81. The lowest BCUT2D eigenvalue weighted by Gasteiger charge is -2.10. The van der Waals surface area contributed by atoms with Gasteiger partial charge in [0, 0.05) is 10.6 Å². The predicted molar refractivity (Wildman–Crippen MR) is 107 cm³/mol. The van der Waals surface area contributed by atoms with Crippen LogP contribution >= 0.6 is 23.2 Å². The number of methoxy groups -OCH3 is 1. The third-order valence-corrected chi connectivity index (χ3v) is 4.19. The van der Waals surface area contributed by atoms with Gasteiger partial charge in [-0.1, -0.05) is 36.2 Å². The molecule has 5 nitrogen and oxygen atoms in total. The van der Waals surface area contributed by atoms with Crippen LogP contribution in [0.5, 0.6) is 11.5 Å². The smallest absolute Gasteiger partial charge is 0.259 e. The largest absolute Gasteiger partial charge is 0.493 e. The SMILES string of the molecule is CCCOc1ccc(/C=C(\Cl)c2nnc(-c3ccc(Cl)cc3)o2)cc1OC.